The molecule has 0 spiro atoms. The lowest BCUT2D eigenvalue weighted by molar-refractivity contribution is 0.0691. The highest BCUT2D eigenvalue weighted by Crippen LogP contribution is 2.38. The third-order valence-corrected chi connectivity index (χ3v) is 7.80. The van der Waals surface area contributed by atoms with Gasteiger partial charge in [-0.2, -0.15) is 5.10 Å². The summed E-state index contributed by atoms with van der Waals surface area (Å²) < 4.78 is 67.2. The minimum absolute atomic E-state index is 0.0787. The summed E-state index contributed by atoms with van der Waals surface area (Å²) in [7, 11) is -4.26. The molecule has 2 heterocycles. The van der Waals surface area contributed by atoms with Crippen LogP contribution in [0.15, 0.2) is 46.7 Å². The number of carboxylic acids is 1. The van der Waals surface area contributed by atoms with Crippen molar-refractivity contribution in [2.24, 2.45) is 11.1 Å². The van der Waals surface area contributed by atoms with Crippen LogP contribution in [-0.2, 0) is 22.9 Å². The number of benzene rings is 2. The largest absolute Gasteiger partial charge is 0.476 e. The average molecular weight is 549 g/mol. The Hall–Kier alpha value is -3.55. The number of aromatic nitrogens is 3. The molecule has 1 fully saturated rings. The van der Waals surface area contributed by atoms with Gasteiger partial charge in [-0.05, 0) is 61.1 Å². The zero-order valence-corrected chi connectivity index (χ0v) is 20.6. The molecule has 0 unspecified atom stereocenters. The van der Waals surface area contributed by atoms with E-state index in [0.717, 1.165) is 48.4 Å². The highest BCUT2D eigenvalue weighted by atomic mass is 32.2. The first-order chi connectivity index (χ1) is 17.5. The highest BCUT2D eigenvalue weighted by molar-refractivity contribution is 7.89. The van der Waals surface area contributed by atoms with Gasteiger partial charge in [0.2, 0.25) is 15.2 Å². The molecular formula is C24H19F3N4O4S2. The third-order valence-electron chi connectivity index (χ3n) is 6.04. The van der Waals surface area contributed by atoms with E-state index in [9.17, 15) is 31.5 Å². The van der Waals surface area contributed by atoms with Crippen LogP contribution in [0.25, 0.3) is 16.4 Å². The monoisotopic (exact) mass is 548 g/mol. The first kappa shape index (κ1) is 25.1. The van der Waals surface area contributed by atoms with Crippen molar-refractivity contribution in [1.82, 2.24) is 14.8 Å². The van der Waals surface area contributed by atoms with E-state index >= 15 is 0 Å². The Balaban J connectivity index is 1.69. The molecule has 0 bridgehead atoms. The lowest BCUT2D eigenvalue weighted by Gasteiger charge is -2.10. The van der Waals surface area contributed by atoms with E-state index in [1.54, 1.807) is 0 Å². The summed E-state index contributed by atoms with van der Waals surface area (Å²) in [6.45, 7) is 0. The lowest BCUT2D eigenvalue weighted by atomic mass is 9.97. The van der Waals surface area contributed by atoms with E-state index in [4.69, 9.17) is 5.14 Å². The fourth-order valence-corrected chi connectivity index (χ4v) is 5.42. The van der Waals surface area contributed by atoms with Crippen LogP contribution < -0.4 is 5.14 Å². The van der Waals surface area contributed by atoms with E-state index < -0.39 is 38.3 Å². The molecule has 192 valence electrons. The van der Waals surface area contributed by atoms with Gasteiger partial charge in [0.25, 0.3) is 0 Å². The first-order valence-corrected chi connectivity index (χ1v) is 13.5. The van der Waals surface area contributed by atoms with E-state index in [1.807, 2.05) is 0 Å². The minimum atomic E-state index is -4.26. The molecule has 1 saturated carbocycles. The Morgan fingerprint density at radius 3 is 2.46 bits per heavy atom. The number of hydrogen-bond acceptors (Lipinski definition) is 6. The van der Waals surface area contributed by atoms with E-state index in [2.05, 4.69) is 10.1 Å². The van der Waals surface area contributed by atoms with Gasteiger partial charge in [0.15, 0.2) is 17.3 Å². The summed E-state index contributed by atoms with van der Waals surface area (Å²) in [5.74, 6) is -3.99. The number of thiazole rings is 1. The number of halogens is 3. The smallest absolute Gasteiger partial charge is 0.355 e. The van der Waals surface area contributed by atoms with Gasteiger partial charge in [0, 0.05) is 22.9 Å². The van der Waals surface area contributed by atoms with Crippen molar-refractivity contribution in [2.45, 2.75) is 30.6 Å². The predicted octanol–water partition coefficient (Wildman–Crippen LogP) is 4.30. The zero-order chi connectivity index (χ0) is 26.5. The first-order valence-electron chi connectivity index (χ1n) is 11.1. The maximum Gasteiger partial charge on any atom is 0.355 e. The van der Waals surface area contributed by atoms with Crippen LogP contribution in [-0.4, -0.2) is 34.3 Å². The SMILES string of the molecule is NS(=O)(=O)c1ccc(Cc2c(-c3ccc(F)c(F)c3)nn(-c3nc(C(=O)O)cs3)c2CC2CC2)cc1F. The molecule has 2 aromatic heterocycles. The zero-order valence-electron chi connectivity index (χ0n) is 19.0. The Labute approximate surface area is 213 Å². The summed E-state index contributed by atoms with van der Waals surface area (Å²) in [4.78, 5) is 14.9. The highest BCUT2D eigenvalue weighted by Gasteiger charge is 2.29. The predicted molar refractivity (Wildman–Crippen MR) is 129 cm³/mol. The van der Waals surface area contributed by atoms with Crippen LogP contribution in [0.4, 0.5) is 13.2 Å². The molecule has 37 heavy (non-hydrogen) atoms. The number of nitrogens with two attached hydrogens (primary N) is 1. The fraction of sp³-hybridized carbons (Fsp3) is 0.208. The summed E-state index contributed by atoms with van der Waals surface area (Å²) >= 11 is 1.06. The molecule has 0 saturated heterocycles. The van der Waals surface area contributed by atoms with Crippen LogP contribution in [0.5, 0.6) is 0 Å². The van der Waals surface area contributed by atoms with Crippen LogP contribution in [0, 0.1) is 23.4 Å². The molecule has 0 atom stereocenters. The quantitative estimate of drug-likeness (QED) is 0.338. The Bertz CT molecular complexity index is 1650. The molecule has 0 radical (unpaired) electrons. The number of rotatable bonds is 8. The van der Waals surface area contributed by atoms with Crippen LogP contribution >= 0.6 is 11.3 Å². The summed E-state index contributed by atoms with van der Waals surface area (Å²) in [6.07, 6.45) is 2.57. The van der Waals surface area contributed by atoms with Crippen molar-refractivity contribution < 1.29 is 31.5 Å². The Morgan fingerprint density at radius 1 is 1.11 bits per heavy atom. The topological polar surface area (TPSA) is 128 Å². The number of hydrogen-bond donors (Lipinski definition) is 2. The fourth-order valence-electron chi connectivity index (χ4n) is 4.06. The Kier molecular flexibility index (Phi) is 6.38. The molecule has 5 rings (SSSR count). The van der Waals surface area contributed by atoms with Gasteiger partial charge in [-0.15, -0.1) is 11.3 Å². The van der Waals surface area contributed by atoms with Gasteiger partial charge in [-0.25, -0.2) is 41.2 Å². The number of primary sulfonamides is 1. The van der Waals surface area contributed by atoms with Gasteiger partial charge >= 0.3 is 5.97 Å². The van der Waals surface area contributed by atoms with Gasteiger partial charge in [0.05, 0.1) is 11.4 Å². The Morgan fingerprint density at radius 2 is 1.86 bits per heavy atom. The summed E-state index contributed by atoms with van der Waals surface area (Å²) in [6, 6.07) is 6.88. The maximum absolute atomic E-state index is 14.6. The number of sulfonamides is 1. The number of carboxylic acid groups (broad SMARTS) is 1. The maximum atomic E-state index is 14.6. The van der Waals surface area contributed by atoms with Crippen LogP contribution in [0.3, 0.4) is 0 Å². The number of nitrogens with zero attached hydrogens (tertiary/aromatic N) is 3. The molecule has 0 aliphatic heterocycles. The second-order valence-corrected chi connectivity index (χ2v) is 11.1. The summed E-state index contributed by atoms with van der Waals surface area (Å²) in [5, 5.41) is 20.7. The minimum Gasteiger partial charge on any atom is -0.476 e. The molecule has 2 aromatic carbocycles. The van der Waals surface area contributed by atoms with Gasteiger partial charge in [-0.1, -0.05) is 6.07 Å². The standard InChI is InChI=1S/C24H19F3N4O4S2/c25-16-5-4-14(10-17(16)26)22-15(7-13-3-6-21(18(27)8-13)37(28,34)35)20(9-12-1-2-12)31(30-22)24-29-19(11-36-24)23(32)33/h3-6,8,10-12H,1-2,7,9H2,(H,32,33)(H2,28,34,35). The molecule has 0 amide bonds. The van der Waals surface area contributed by atoms with Gasteiger partial charge in [0.1, 0.15) is 10.7 Å². The van der Waals surface area contributed by atoms with Crippen molar-refractivity contribution in [3.8, 4) is 16.4 Å². The van der Waals surface area contributed by atoms with Crippen LogP contribution in [0.1, 0.15) is 40.2 Å². The van der Waals surface area contributed by atoms with E-state index in [0.29, 0.717) is 29.2 Å². The van der Waals surface area contributed by atoms with Gasteiger partial charge < -0.3 is 5.11 Å². The molecular weight excluding hydrogens is 529 g/mol. The third kappa shape index (κ3) is 5.15. The molecule has 1 aliphatic rings. The average Bonchev–Trinajstić information content (AvgIpc) is 3.38. The molecule has 1 aliphatic carbocycles. The van der Waals surface area contributed by atoms with E-state index in [1.165, 1.54) is 22.2 Å². The van der Waals surface area contributed by atoms with Crippen molar-refractivity contribution >= 4 is 27.3 Å². The normalized spacial score (nSPS) is 13.7. The second kappa shape index (κ2) is 9.39. The molecule has 13 heteroatoms. The van der Waals surface area contributed by atoms with Gasteiger partial charge in [-0.3, -0.25) is 0 Å². The van der Waals surface area contributed by atoms with E-state index in [-0.39, 0.29) is 28.5 Å². The number of carbonyl (C=O) groups is 1. The van der Waals surface area contributed by atoms with Crippen molar-refractivity contribution in [3.05, 3.63) is 81.7 Å². The van der Waals surface area contributed by atoms with Crippen LogP contribution in [0.2, 0.25) is 0 Å². The lowest BCUT2D eigenvalue weighted by Crippen LogP contribution is -2.14. The molecule has 3 N–H and O–H groups in total. The molecule has 8 nitrogen and oxygen atoms in total. The summed E-state index contributed by atoms with van der Waals surface area (Å²) in [5.41, 5.74) is 2.04. The second-order valence-electron chi connectivity index (χ2n) is 8.77. The number of aromatic carboxylic acids is 1. The van der Waals surface area contributed by atoms with Crippen molar-refractivity contribution in [1.29, 1.82) is 0 Å². The van der Waals surface area contributed by atoms with Crippen molar-refractivity contribution in [2.75, 3.05) is 0 Å². The van der Waals surface area contributed by atoms with Crippen molar-refractivity contribution in [3.63, 3.8) is 0 Å². The molecule has 4 aromatic rings.